The molecule has 0 fully saturated rings. The summed E-state index contributed by atoms with van der Waals surface area (Å²) < 4.78 is 48.0. The van der Waals surface area contributed by atoms with Crippen LogP contribution in [0.1, 0.15) is 10.4 Å². The summed E-state index contributed by atoms with van der Waals surface area (Å²) in [5.74, 6) is -3.14. The molecule has 0 atom stereocenters. The third-order valence-corrected chi connectivity index (χ3v) is 2.06. The highest BCUT2D eigenvalue weighted by Crippen LogP contribution is 2.13. The van der Waals surface area contributed by atoms with E-state index in [1.165, 1.54) is 12.1 Å². The smallest absolute Gasteiger partial charge is 0.350 e. The second-order valence-corrected chi connectivity index (χ2v) is 3.52. The van der Waals surface area contributed by atoms with Crippen LogP contribution in [0.25, 0.3) is 0 Å². The molecule has 0 bridgehead atoms. The van der Waals surface area contributed by atoms with E-state index >= 15 is 0 Å². The Balaban J connectivity index is 2.32. The molecule has 0 aliphatic carbocycles. The number of carbonyl (C=O) groups excluding carboxylic acids is 2. The fourth-order valence-corrected chi connectivity index (χ4v) is 1.16. The number of rotatable bonds is 4. The van der Waals surface area contributed by atoms with Crippen molar-refractivity contribution in [2.75, 3.05) is 13.1 Å². The largest absolute Gasteiger partial charge is 0.471 e. The maximum atomic E-state index is 12.6. The van der Waals surface area contributed by atoms with Gasteiger partial charge in [-0.05, 0) is 24.3 Å². The zero-order valence-electron chi connectivity index (χ0n) is 9.55. The SMILES string of the molecule is O=C(NCCNC(=O)C(F)(F)F)c1ccc(F)cc1. The van der Waals surface area contributed by atoms with Crippen molar-refractivity contribution in [2.45, 2.75) is 6.18 Å². The molecule has 1 aromatic rings. The van der Waals surface area contributed by atoms with E-state index in [0.29, 0.717) is 0 Å². The molecular formula is C11H10F4N2O2. The van der Waals surface area contributed by atoms with E-state index in [-0.39, 0.29) is 18.7 Å². The van der Waals surface area contributed by atoms with Gasteiger partial charge in [0.2, 0.25) is 0 Å². The standard InChI is InChI=1S/C11H10F4N2O2/c12-8-3-1-7(2-4-8)9(18)16-5-6-17-10(19)11(13,14)15/h1-4H,5-6H2,(H,16,18)(H,17,19). The summed E-state index contributed by atoms with van der Waals surface area (Å²) in [5.41, 5.74) is 0.170. The molecule has 0 saturated heterocycles. The maximum absolute atomic E-state index is 12.6. The van der Waals surface area contributed by atoms with Crippen LogP contribution in [0.15, 0.2) is 24.3 Å². The molecule has 2 amide bonds. The van der Waals surface area contributed by atoms with Gasteiger partial charge < -0.3 is 10.6 Å². The number of benzene rings is 1. The van der Waals surface area contributed by atoms with Crippen molar-refractivity contribution in [2.24, 2.45) is 0 Å². The Kier molecular flexibility index (Phi) is 4.85. The van der Waals surface area contributed by atoms with Crippen LogP contribution in [0.3, 0.4) is 0 Å². The van der Waals surface area contributed by atoms with Crippen molar-refractivity contribution < 1.29 is 27.2 Å². The molecule has 0 saturated carbocycles. The third kappa shape index (κ3) is 4.94. The topological polar surface area (TPSA) is 58.2 Å². The molecule has 0 aliphatic rings. The molecule has 8 heteroatoms. The van der Waals surface area contributed by atoms with Crippen LogP contribution in [0.5, 0.6) is 0 Å². The van der Waals surface area contributed by atoms with Crippen LogP contribution in [0, 0.1) is 5.82 Å². The second kappa shape index (κ2) is 6.17. The van der Waals surface area contributed by atoms with Crippen LogP contribution in [0.4, 0.5) is 17.6 Å². The molecule has 2 N–H and O–H groups in total. The summed E-state index contributed by atoms with van der Waals surface area (Å²) in [6, 6.07) is 4.64. The Hall–Kier alpha value is -2.12. The van der Waals surface area contributed by atoms with Gasteiger partial charge in [0.05, 0.1) is 0 Å². The van der Waals surface area contributed by atoms with E-state index in [1.807, 2.05) is 0 Å². The van der Waals surface area contributed by atoms with Gasteiger partial charge in [-0.3, -0.25) is 9.59 Å². The molecule has 0 heterocycles. The Labute approximate surface area is 105 Å². The van der Waals surface area contributed by atoms with Crippen LogP contribution in [0.2, 0.25) is 0 Å². The number of alkyl halides is 3. The summed E-state index contributed by atoms with van der Waals surface area (Å²) in [4.78, 5) is 21.9. The average molecular weight is 278 g/mol. The van der Waals surface area contributed by atoms with E-state index in [1.54, 1.807) is 5.32 Å². The quantitative estimate of drug-likeness (QED) is 0.643. The normalized spacial score (nSPS) is 10.9. The molecule has 0 radical (unpaired) electrons. The van der Waals surface area contributed by atoms with Gasteiger partial charge in [-0.15, -0.1) is 0 Å². The van der Waals surface area contributed by atoms with Crippen molar-refractivity contribution >= 4 is 11.8 Å². The van der Waals surface area contributed by atoms with E-state index in [9.17, 15) is 27.2 Å². The second-order valence-electron chi connectivity index (χ2n) is 3.52. The number of nitrogens with one attached hydrogen (secondary N) is 2. The summed E-state index contributed by atoms with van der Waals surface area (Å²) in [6.45, 7) is -0.524. The maximum Gasteiger partial charge on any atom is 0.471 e. The van der Waals surface area contributed by atoms with Crippen molar-refractivity contribution in [3.8, 4) is 0 Å². The third-order valence-electron chi connectivity index (χ3n) is 2.06. The lowest BCUT2D eigenvalue weighted by Gasteiger charge is -2.08. The molecule has 0 aliphatic heterocycles. The molecule has 104 valence electrons. The van der Waals surface area contributed by atoms with E-state index < -0.39 is 23.8 Å². The molecule has 1 rings (SSSR count). The van der Waals surface area contributed by atoms with Gasteiger partial charge in [-0.1, -0.05) is 0 Å². The summed E-state index contributed by atoms with van der Waals surface area (Å²) in [7, 11) is 0. The van der Waals surface area contributed by atoms with Gasteiger partial charge in [0, 0.05) is 18.7 Å². The van der Waals surface area contributed by atoms with E-state index in [2.05, 4.69) is 5.32 Å². The zero-order chi connectivity index (χ0) is 14.5. The molecule has 4 nitrogen and oxygen atoms in total. The first-order valence-electron chi connectivity index (χ1n) is 5.19. The molecule has 0 spiro atoms. The van der Waals surface area contributed by atoms with Gasteiger partial charge in [-0.25, -0.2) is 4.39 Å². The Morgan fingerprint density at radius 3 is 2.05 bits per heavy atom. The molecular weight excluding hydrogens is 268 g/mol. The van der Waals surface area contributed by atoms with Crippen LogP contribution in [-0.2, 0) is 4.79 Å². The molecule has 19 heavy (non-hydrogen) atoms. The zero-order valence-corrected chi connectivity index (χ0v) is 9.55. The first-order chi connectivity index (χ1) is 8.80. The highest BCUT2D eigenvalue weighted by atomic mass is 19.4. The minimum absolute atomic E-state index is 0.169. The first-order valence-corrected chi connectivity index (χ1v) is 5.19. The van der Waals surface area contributed by atoms with Crippen molar-refractivity contribution in [3.63, 3.8) is 0 Å². The van der Waals surface area contributed by atoms with Gasteiger partial charge in [0.1, 0.15) is 5.82 Å². The number of halogens is 4. The summed E-state index contributed by atoms with van der Waals surface area (Å²) in [5, 5.41) is 3.88. The van der Waals surface area contributed by atoms with Crippen LogP contribution < -0.4 is 10.6 Å². The predicted octanol–water partition coefficient (Wildman–Crippen LogP) is 1.23. The Bertz CT molecular complexity index is 457. The lowest BCUT2D eigenvalue weighted by molar-refractivity contribution is -0.173. The van der Waals surface area contributed by atoms with Crippen LogP contribution >= 0.6 is 0 Å². The predicted molar refractivity (Wildman–Crippen MR) is 57.8 cm³/mol. The Morgan fingerprint density at radius 1 is 1.00 bits per heavy atom. The highest BCUT2D eigenvalue weighted by Gasteiger charge is 2.38. The van der Waals surface area contributed by atoms with Gasteiger partial charge >= 0.3 is 12.1 Å². The minimum atomic E-state index is -4.94. The van der Waals surface area contributed by atoms with Crippen molar-refractivity contribution in [3.05, 3.63) is 35.6 Å². The van der Waals surface area contributed by atoms with Crippen LogP contribution in [-0.4, -0.2) is 31.1 Å². The highest BCUT2D eigenvalue weighted by molar-refractivity contribution is 5.94. The molecule has 1 aromatic carbocycles. The summed E-state index contributed by atoms with van der Waals surface area (Å²) in [6.07, 6.45) is -4.94. The summed E-state index contributed by atoms with van der Waals surface area (Å²) >= 11 is 0. The average Bonchev–Trinajstić information content (AvgIpc) is 2.33. The first kappa shape index (κ1) is 14.9. The van der Waals surface area contributed by atoms with E-state index in [0.717, 1.165) is 12.1 Å². The van der Waals surface area contributed by atoms with Crippen molar-refractivity contribution in [1.29, 1.82) is 0 Å². The Morgan fingerprint density at radius 2 is 1.53 bits per heavy atom. The minimum Gasteiger partial charge on any atom is -0.350 e. The fraction of sp³-hybridized carbons (Fsp3) is 0.273. The fourth-order valence-electron chi connectivity index (χ4n) is 1.16. The molecule has 0 unspecified atom stereocenters. The van der Waals surface area contributed by atoms with Crippen molar-refractivity contribution in [1.82, 2.24) is 10.6 Å². The lowest BCUT2D eigenvalue weighted by atomic mass is 10.2. The number of amides is 2. The lowest BCUT2D eigenvalue weighted by Crippen LogP contribution is -2.41. The monoisotopic (exact) mass is 278 g/mol. The number of hydrogen-bond donors (Lipinski definition) is 2. The van der Waals surface area contributed by atoms with Gasteiger partial charge in [-0.2, -0.15) is 13.2 Å². The number of carbonyl (C=O) groups is 2. The van der Waals surface area contributed by atoms with Gasteiger partial charge in [0.25, 0.3) is 5.91 Å². The molecule has 0 aromatic heterocycles. The van der Waals surface area contributed by atoms with Gasteiger partial charge in [0.15, 0.2) is 0 Å². The van der Waals surface area contributed by atoms with E-state index in [4.69, 9.17) is 0 Å². The number of hydrogen-bond acceptors (Lipinski definition) is 2.